The number of hydrogen-bond donors (Lipinski definition) is 1. The van der Waals surface area contributed by atoms with Gasteiger partial charge in [-0.3, -0.25) is 4.98 Å². The number of rotatable bonds is 7. The molecule has 0 aliphatic carbocycles. The monoisotopic (exact) mass is 276 g/mol. The van der Waals surface area contributed by atoms with E-state index in [1.54, 1.807) is 6.20 Å². The molecular formula is C11H17ClN2O2S. The fraction of sp³-hybridized carbons (Fsp3) is 0.545. The smallest absolute Gasteiger partial charge is 0.211 e. The summed E-state index contributed by atoms with van der Waals surface area (Å²) in [4.78, 5) is 4.13. The zero-order valence-corrected chi connectivity index (χ0v) is 11.4. The van der Waals surface area contributed by atoms with E-state index in [1.165, 1.54) is 0 Å². The highest BCUT2D eigenvalue weighted by atomic mass is 35.5. The summed E-state index contributed by atoms with van der Waals surface area (Å²) in [5.41, 5.74) is 1.74. The summed E-state index contributed by atoms with van der Waals surface area (Å²) >= 11 is 5.50. The van der Waals surface area contributed by atoms with Gasteiger partial charge in [0.05, 0.1) is 18.0 Å². The van der Waals surface area contributed by atoms with Gasteiger partial charge in [0.2, 0.25) is 10.0 Å². The van der Waals surface area contributed by atoms with Crippen LogP contribution in [0.4, 0.5) is 0 Å². The van der Waals surface area contributed by atoms with Crippen molar-refractivity contribution >= 4 is 21.6 Å². The second kappa shape index (κ2) is 6.93. The van der Waals surface area contributed by atoms with Crippen LogP contribution in [-0.2, 0) is 16.6 Å². The molecule has 4 nitrogen and oxygen atoms in total. The van der Waals surface area contributed by atoms with Crippen molar-refractivity contribution in [1.82, 2.24) is 9.71 Å². The van der Waals surface area contributed by atoms with Crippen LogP contribution < -0.4 is 4.72 Å². The minimum absolute atomic E-state index is 0.117. The van der Waals surface area contributed by atoms with Crippen molar-refractivity contribution in [3.05, 3.63) is 29.6 Å². The lowest BCUT2D eigenvalue weighted by atomic mass is 10.2. The molecule has 17 heavy (non-hydrogen) atoms. The number of aryl methyl sites for hydroxylation is 1. The Morgan fingerprint density at radius 1 is 1.41 bits per heavy atom. The van der Waals surface area contributed by atoms with Gasteiger partial charge in [-0.2, -0.15) is 0 Å². The lowest BCUT2D eigenvalue weighted by Gasteiger charge is -2.07. The van der Waals surface area contributed by atoms with Crippen molar-refractivity contribution in [3.8, 4) is 0 Å². The summed E-state index contributed by atoms with van der Waals surface area (Å²) in [6.45, 7) is 2.15. The van der Waals surface area contributed by atoms with Gasteiger partial charge >= 0.3 is 0 Å². The fourth-order valence-corrected chi connectivity index (χ4v) is 2.61. The molecule has 0 radical (unpaired) electrons. The van der Waals surface area contributed by atoms with Gasteiger partial charge in [0.1, 0.15) is 0 Å². The summed E-state index contributed by atoms with van der Waals surface area (Å²) in [6.07, 6.45) is 2.95. The lowest BCUT2D eigenvalue weighted by molar-refractivity contribution is 0.577. The van der Waals surface area contributed by atoms with E-state index < -0.39 is 10.0 Å². The summed E-state index contributed by atoms with van der Waals surface area (Å²) in [5.74, 6) is 0.612. The molecule has 1 rings (SSSR count). The van der Waals surface area contributed by atoms with Crippen LogP contribution in [0.5, 0.6) is 0 Å². The molecule has 0 fully saturated rings. The van der Waals surface area contributed by atoms with E-state index in [1.807, 2.05) is 19.1 Å². The highest BCUT2D eigenvalue weighted by Gasteiger charge is 2.10. The number of sulfonamides is 1. The minimum atomic E-state index is -3.22. The molecule has 0 amide bonds. The minimum Gasteiger partial charge on any atom is -0.260 e. The van der Waals surface area contributed by atoms with Gasteiger partial charge in [-0.15, -0.1) is 11.6 Å². The van der Waals surface area contributed by atoms with Crippen LogP contribution in [0.15, 0.2) is 18.3 Å². The second-order valence-corrected chi connectivity index (χ2v) is 6.11. The first-order valence-electron chi connectivity index (χ1n) is 5.49. The summed E-state index contributed by atoms with van der Waals surface area (Å²) in [6, 6.07) is 3.73. The lowest BCUT2D eigenvalue weighted by Crippen LogP contribution is -2.26. The van der Waals surface area contributed by atoms with E-state index in [-0.39, 0.29) is 12.3 Å². The number of pyridine rings is 1. The van der Waals surface area contributed by atoms with E-state index >= 15 is 0 Å². The van der Waals surface area contributed by atoms with Crippen LogP contribution in [0.25, 0.3) is 0 Å². The third-order valence-corrected chi connectivity index (χ3v) is 4.05. The molecule has 0 aliphatic heterocycles. The molecule has 0 unspecified atom stereocenters. The Morgan fingerprint density at radius 3 is 2.82 bits per heavy atom. The molecule has 6 heteroatoms. The van der Waals surface area contributed by atoms with Gasteiger partial charge in [-0.1, -0.05) is 6.07 Å². The summed E-state index contributed by atoms with van der Waals surface area (Å²) in [7, 11) is -3.22. The van der Waals surface area contributed by atoms with Gasteiger partial charge < -0.3 is 0 Å². The molecule has 0 aliphatic rings. The zero-order valence-electron chi connectivity index (χ0n) is 9.82. The number of nitrogens with zero attached hydrogens (tertiary/aromatic N) is 1. The third kappa shape index (κ3) is 5.48. The van der Waals surface area contributed by atoms with Crippen molar-refractivity contribution in [1.29, 1.82) is 0 Å². The Hall–Kier alpha value is -0.650. The van der Waals surface area contributed by atoms with Crippen molar-refractivity contribution in [3.63, 3.8) is 0 Å². The standard InChI is InChI=1S/C11H17ClN2O2S/c1-10-5-4-7-13-11(10)9-14-17(15,16)8-3-2-6-12/h4-5,7,14H,2-3,6,8-9H2,1H3. The number of hydrogen-bond acceptors (Lipinski definition) is 3. The van der Waals surface area contributed by atoms with Crippen LogP contribution >= 0.6 is 11.6 Å². The van der Waals surface area contributed by atoms with Crippen LogP contribution in [0.3, 0.4) is 0 Å². The molecule has 0 spiro atoms. The summed E-state index contributed by atoms with van der Waals surface area (Å²) < 4.78 is 25.8. The van der Waals surface area contributed by atoms with Crippen LogP contribution in [0.2, 0.25) is 0 Å². The normalized spacial score (nSPS) is 11.6. The highest BCUT2D eigenvalue weighted by molar-refractivity contribution is 7.89. The summed E-state index contributed by atoms with van der Waals surface area (Å²) in [5, 5.41) is 0. The van der Waals surface area contributed by atoms with Crippen LogP contribution in [0.1, 0.15) is 24.1 Å². The van der Waals surface area contributed by atoms with Crippen LogP contribution in [0, 0.1) is 6.92 Å². The quantitative estimate of drug-likeness (QED) is 0.611. The van der Waals surface area contributed by atoms with Crippen molar-refractivity contribution < 1.29 is 8.42 Å². The maximum absolute atomic E-state index is 11.6. The predicted molar refractivity (Wildman–Crippen MR) is 69.6 cm³/mol. The van der Waals surface area contributed by atoms with E-state index in [2.05, 4.69) is 9.71 Å². The molecule has 1 heterocycles. The van der Waals surface area contributed by atoms with Gasteiger partial charge in [-0.25, -0.2) is 13.1 Å². The maximum atomic E-state index is 11.6. The molecular weight excluding hydrogens is 260 g/mol. The maximum Gasteiger partial charge on any atom is 0.211 e. The fourth-order valence-electron chi connectivity index (χ4n) is 1.34. The van der Waals surface area contributed by atoms with Gasteiger partial charge in [0.15, 0.2) is 0 Å². The molecule has 96 valence electrons. The zero-order chi connectivity index (χ0) is 12.7. The average Bonchev–Trinajstić information content (AvgIpc) is 2.28. The number of halogens is 1. The molecule has 1 N–H and O–H groups in total. The van der Waals surface area contributed by atoms with Crippen molar-refractivity contribution in [2.45, 2.75) is 26.3 Å². The largest absolute Gasteiger partial charge is 0.260 e. The number of unbranched alkanes of at least 4 members (excludes halogenated alkanes) is 1. The van der Waals surface area contributed by atoms with Crippen molar-refractivity contribution in [2.24, 2.45) is 0 Å². The number of nitrogens with one attached hydrogen (secondary N) is 1. The molecule has 0 saturated heterocycles. The van der Waals surface area contributed by atoms with Gasteiger partial charge in [0, 0.05) is 12.1 Å². The Bertz CT molecular complexity index is 449. The van der Waals surface area contributed by atoms with Gasteiger partial charge in [0.25, 0.3) is 0 Å². The van der Waals surface area contributed by atoms with E-state index in [0.717, 1.165) is 11.3 Å². The molecule has 0 saturated carbocycles. The van der Waals surface area contributed by atoms with Crippen molar-refractivity contribution in [2.75, 3.05) is 11.6 Å². The second-order valence-electron chi connectivity index (χ2n) is 3.80. The van der Waals surface area contributed by atoms with E-state index in [9.17, 15) is 8.42 Å². The Balaban J connectivity index is 2.47. The first-order chi connectivity index (χ1) is 8.05. The molecule has 1 aromatic rings. The average molecular weight is 277 g/mol. The van der Waals surface area contributed by atoms with E-state index in [0.29, 0.717) is 18.7 Å². The molecule has 0 aromatic carbocycles. The number of alkyl halides is 1. The SMILES string of the molecule is Cc1cccnc1CNS(=O)(=O)CCCCCl. The van der Waals surface area contributed by atoms with Crippen LogP contribution in [-0.4, -0.2) is 25.0 Å². The van der Waals surface area contributed by atoms with Gasteiger partial charge in [-0.05, 0) is 31.4 Å². The molecule has 1 aromatic heterocycles. The Kier molecular flexibility index (Phi) is 5.88. The third-order valence-electron chi connectivity index (χ3n) is 2.37. The molecule has 0 atom stereocenters. The molecule has 0 bridgehead atoms. The Labute approximate surface area is 107 Å². The predicted octanol–water partition coefficient (Wildman–Crippen LogP) is 1.83. The first kappa shape index (κ1) is 14.4. The number of aromatic nitrogens is 1. The Morgan fingerprint density at radius 2 is 2.18 bits per heavy atom. The highest BCUT2D eigenvalue weighted by Crippen LogP contribution is 2.04. The first-order valence-corrected chi connectivity index (χ1v) is 7.67. The van der Waals surface area contributed by atoms with E-state index in [4.69, 9.17) is 11.6 Å². The topological polar surface area (TPSA) is 59.1 Å².